The van der Waals surface area contributed by atoms with Crippen molar-refractivity contribution in [1.82, 2.24) is 4.31 Å². The predicted octanol–water partition coefficient (Wildman–Crippen LogP) is 3.28. The van der Waals surface area contributed by atoms with E-state index >= 15 is 0 Å². The Labute approximate surface area is 166 Å². The second-order valence-electron chi connectivity index (χ2n) is 7.16. The lowest BCUT2D eigenvalue weighted by atomic mass is 10.0. The van der Waals surface area contributed by atoms with Gasteiger partial charge in [0.2, 0.25) is 20.7 Å². The summed E-state index contributed by atoms with van der Waals surface area (Å²) in [6.45, 7) is 0.176. The van der Waals surface area contributed by atoms with E-state index in [1.54, 1.807) is 11.4 Å². The molecule has 1 aromatic heterocycles. The first-order valence-electron chi connectivity index (χ1n) is 9.12. The van der Waals surface area contributed by atoms with Crippen molar-refractivity contribution in [3.63, 3.8) is 0 Å². The Kier molecular flexibility index (Phi) is 4.22. The van der Waals surface area contributed by atoms with Gasteiger partial charge in [0.25, 0.3) is 0 Å². The first-order chi connectivity index (χ1) is 13.5. The highest BCUT2D eigenvalue weighted by atomic mass is 32.2. The third-order valence-corrected chi connectivity index (χ3v) is 8.58. The highest BCUT2D eigenvalue weighted by Gasteiger charge is 2.59. The molecule has 3 unspecified atom stereocenters. The zero-order valence-electron chi connectivity index (χ0n) is 15.0. The molecule has 1 aromatic carbocycles. The first-order valence-corrected chi connectivity index (χ1v) is 11.5. The number of para-hydroxylation sites is 1. The van der Waals surface area contributed by atoms with Crippen LogP contribution in [0.5, 0.6) is 0 Å². The van der Waals surface area contributed by atoms with Crippen LogP contribution in [0.1, 0.15) is 24.0 Å². The molecule has 0 N–H and O–H groups in total. The molecule has 6 nitrogen and oxygen atoms in total. The quantitative estimate of drug-likeness (QED) is 0.761. The fourth-order valence-corrected chi connectivity index (χ4v) is 7.00. The molecule has 4 heterocycles. The van der Waals surface area contributed by atoms with Gasteiger partial charge in [-0.2, -0.15) is 15.6 Å². The van der Waals surface area contributed by atoms with Crippen LogP contribution in [0, 0.1) is 0 Å². The molecule has 2 saturated heterocycles. The third-order valence-electron chi connectivity index (χ3n) is 5.53. The fraction of sp³-hybridized carbons (Fsp3) is 0.421. The number of nitrogens with zero attached hydrogens (tertiary/aromatic N) is 2. The van der Waals surface area contributed by atoms with E-state index in [9.17, 15) is 12.8 Å². The van der Waals surface area contributed by atoms with Gasteiger partial charge in [0.05, 0.1) is 18.5 Å². The van der Waals surface area contributed by atoms with Gasteiger partial charge < -0.3 is 9.47 Å². The maximum absolute atomic E-state index is 13.8. The summed E-state index contributed by atoms with van der Waals surface area (Å²) < 4.78 is 54.9. The van der Waals surface area contributed by atoms with E-state index < -0.39 is 26.9 Å². The second-order valence-corrected chi connectivity index (χ2v) is 10.1. The normalized spacial score (nSPS) is 32.8. The average Bonchev–Trinajstić information content (AvgIpc) is 3.44. The van der Waals surface area contributed by atoms with Gasteiger partial charge in [-0.3, -0.25) is 4.99 Å². The standard InChI is InChI=1S/C19H19FN2O4S2/c20-15-5-8-22(11-15)28(23,24)19(14-6-10-27-12-14)7-9-25-18(26-19)13-21-17-4-2-1-3-16(17)18/h1-4,6,10,12-13,15H,5,7-9,11H2. The highest BCUT2D eigenvalue weighted by molar-refractivity contribution is 7.90. The van der Waals surface area contributed by atoms with Gasteiger partial charge in [-0.1, -0.05) is 18.2 Å². The van der Waals surface area contributed by atoms with Crippen molar-refractivity contribution in [3.05, 3.63) is 52.2 Å². The molecule has 9 heteroatoms. The fourth-order valence-electron chi connectivity index (χ4n) is 4.09. The summed E-state index contributed by atoms with van der Waals surface area (Å²) in [5.74, 6) is -1.38. The molecule has 2 aromatic rings. The molecule has 148 valence electrons. The van der Waals surface area contributed by atoms with Crippen molar-refractivity contribution in [2.75, 3.05) is 19.7 Å². The lowest BCUT2D eigenvalue weighted by Gasteiger charge is -2.45. The Morgan fingerprint density at radius 2 is 2.14 bits per heavy atom. The molecule has 0 aliphatic carbocycles. The van der Waals surface area contributed by atoms with Gasteiger partial charge in [0, 0.05) is 30.6 Å². The van der Waals surface area contributed by atoms with Gasteiger partial charge in [-0.25, -0.2) is 12.8 Å². The molecule has 2 fully saturated rings. The molecule has 0 radical (unpaired) electrons. The van der Waals surface area contributed by atoms with Crippen LogP contribution in [0.4, 0.5) is 10.1 Å². The summed E-state index contributed by atoms with van der Waals surface area (Å²) in [5, 5.41) is 3.59. The van der Waals surface area contributed by atoms with Crippen LogP contribution in [0.15, 0.2) is 46.1 Å². The van der Waals surface area contributed by atoms with E-state index in [0.717, 1.165) is 0 Å². The molecule has 1 spiro atoms. The number of hydrogen-bond donors (Lipinski definition) is 0. The van der Waals surface area contributed by atoms with Crippen molar-refractivity contribution in [2.24, 2.45) is 4.99 Å². The summed E-state index contributed by atoms with van der Waals surface area (Å²) in [5.41, 5.74) is 1.90. The van der Waals surface area contributed by atoms with Crippen LogP contribution in [-0.2, 0) is 30.2 Å². The molecule has 28 heavy (non-hydrogen) atoms. The highest BCUT2D eigenvalue weighted by Crippen LogP contribution is 2.51. The maximum Gasteiger partial charge on any atom is 0.248 e. The van der Waals surface area contributed by atoms with E-state index in [1.807, 2.05) is 29.6 Å². The van der Waals surface area contributed by atoms with Crippen LogP contribution < -0.4 is 0 Å². The minimum Gasteiger partial charge on any atom is -0.341 e. The van der Waals surface area contributed by atoms with E-state index in [2.05, 4.69) is 4.99 Å². The first kappa shape index (κ1) is 18.4. The van der Waals surface area contributed by atoms with Gasteiger partial charge in [-0.15, -0.1) is 0 Å². The number of hydrogen-bond acceptors (Lipinski definition) is 6. The van der Waals surface area contributed by atoms with Gasteiger partial charge >= 0.3 is 0 Å². The van der Waals surface area contributed by atoms with Crippen LogP contribution >= 0.6 is 11.3 Å². The Balaban J connectivity index is 1.64. The summed E-state index contributed by atoms with van der Waals surface area (Å²) >= 11 is 1.40. The number of aliphatic imine (C=N–C) groups is 1. The number of halogens is 1. The number of alkyl halides is 1. The summed E-state index contributed by atoms with van der Waals surface area (Å²) in [7, 11) is -4.01. The van der Waals surface area contributed by atoms with Crippen LogP contribution in [0.25, 0.3) is 0 Å². The monoisotopic (exact) mass is 422 g/mol. The second kappa shape index (κ2) is 6.43. The molecular weight excluding hydrogens is 403 g/mol. The summed E-state index contributed by atoms with van der Waals surface area (Å²) in [6, 6.07) is 9.10. The van der Waals surface area contributed by atoms with Gasteiger partial charge in [0.15, 0.2) is 0 Å². The van der Waals surface area contributed by atoms with Crippen molar-refractivity contribution >= 4 is 33.3 Å². The topological polar surface area (TPSA) is 68.2 Å². The number of fused-ring (bicyclic) bond motifs is 2. The van der Waals surface area contributed by atoms with Crippen LogP contribution in [0.3, 0.4) is 0 Å². The van der Waals surface area contributed by atoms with Crippen molar-refractivity contribution in [1.29, 1.82) is 0 Å². The molecule has 0 amide bonds. The van der Waals surface area contributed by atoms with Gasteiger partial charge in [-0.05, 0) is 29.3 Å². The van der Waals surface area contributed by atoms with Crippen LogP contribution in [-0.4, -0.2) is 44.8 Å². The zero-order chi connectivity index (χ0) is 19.4. The van der Waals surface area contributed by atoms with E-state index in [0.29, 0.717) is 16.8 Å². The van der Waals surface area contributed by atoms with E-state index in [-0.39, 0.29) is 32.5 Å². The SMILES string of the molecule is O=S(=O)(N1CCC(F)C1)C1(c2ccsc2)CCOC2(C=Nc3ccccc32)O1. The third kappa shape index (κ3) is 2.54. The average molecular weight is 423 g/mol. The lowest BCUT2D eigenvalue weighted by molar-refractivity contribution is -0.274. The van der Waals surface area contributed by atoms with Crippen LogP contribution in [0.2, 0.25) is 0 Å². The minimum absolute atomic E-state index is 0.122. The number of thiophene rings is 1. The maximum atomic E-state index is 13.8. The largest absolute Gasteiger partial charge is 0.341 e. The smallest absolute Gasteiger partial charge is 0.248 e. The zero-order valence-corrected chi connectivity index (χ0v) is 16.6. The Morgan fingerprint density at radius 3 is 2.89 bits per heavy atom. The Bertz CT molecular complexity index is 1030. The minimum atomic E-state index is -4.01. The van der Waals surface area contributed by atoms with E-state index in [4.69, 9.17) is 9.47 Å². The Hall–Kier alpha value is -1.65. The predicted molar refractivity (Wildman–Crippen MR) is 104 cm³/mol. The molecule has 3 aliphatic rings. The molecule has 0 bridgehead atoms. The summed E-state index contributed by atoms with van der Waals surface area (Å²) in [4.78, 5) is 2.72. The molecular formula is C19H19FN2O4S2. The number of rotatable bonds is 3. The van der Waals surface area contributed by atoms with E-state index in [1.165, 1.54) is 21.9 Å². The van der Waals surface area contributed by atoms with Crippen molar-refractivity contribution < 1.29 is 22.3 Å². The number of ether oxygens (including phenoxy) is 2. The number of sulfonamides is 1. The lowest BCUT2D eigenvalue weighted by Crippen LogP contribution is -2.56. The van der Waals surface area contributed by atoms with Gasteiger partial charge in [0.1, 0.15) is 6.17 Å². The van der Waals surface area contributed by atoms with Crippen molar-refractivity contribution in [3.8, 4) is 0 Å². The molecule has 5 rings (SSSR count). The summed E-state index contributed by atoms with van der Waals surface area (Å²) in [6.07, 6.45) is 0.689. The molecule has 3 aliphatic heterocycles. The Morgan fingerprint density at radius 1 is 1.29 bits per heavy atom. The molecule has 0 saturated carbocycles. The number of benzene rings is 1. The molecule has 3 atom stereocenters. The van der Waals surface area contributed by atoms with Crippen molar-refractivity contribution in [2.45, 2.75) is 29.7 Å².